The van der Waals surface area contributed by atoms with Crippen LogP contribution in [-0.2, 0) is 15.9 Å². The molecule has 4 nitrogen and oxygen atoms in total. The van der Waals surface area contributed by atoms with Gasteiger partial charge in [-0.15, -0.1) is 11.3 Å². The van der Waals surface area contributed by atoms with E-state index in [1.807, 2.05) is 18.2 Å². The summed E-state index contributed by atoms with van der Waals surface area (Å²) >= 11 is 1.66. The Morgan fingerprint density at radius 2 is 1.73 bits per heavy atom. The van der Waals surface area contributed by atoms with Crippen LogP contribution in [0.15, 0.2) is 30.3 Å². The zero-order chi connectivity index (χ0) is 18.7. The van der Waals surface area contributed by atoms with E-state index < -0.39 is 11.9 Å². The fourth-order valence-corrected chi connectivity index (χ4v) is 4.58. The molecule has 0 fully saturated rings. The average molecular weight is 370 g/mol. The molecule has 0 saturated carbocycles. The van der Waals surface area contributed by atoms with Crippen molar-refractivity contribution >= 4 is 43.4 Å². The van der Waals surface area contributed by atoms with Crippen LogP contribution >= 0.6 is 11.3 Å². The lowest BCUT2D eigenvalue weighted by molar-refractivity contribution is 0.0554. The monoisotopic (exact) mass is 370 g/mol. The van der Waals surface area contributed by atoms with Gasteiger partial charge in [0.15, 0.2) is 0 Å². The normalized spacial score (nSPS) is 11.0. The van der Waals surface area contributed by atoms with Gasteiger partial charge in [0.25, 0.3) is 0 Å². The second kappa shape index (κ2) is 7.87. The third kappa shape index (κ3) is 3.19. The topological polar surface area (TPSA) is 52.6 Å². The largest absolute Gasteiger partial charge is 0.465 e. The van der Waals surface area contributed by atoms with Crippen LogP contribution in [-0.4, -0.2) is 26.2 Å². The van der Waals surface area contributed by atoms with Gasteiger partial charge in [0, 0.05) is 20.2 Å². The van der Waals surface area contributed by atoms with E-state index in [1.54, 1.807) is 17.4 Å². The number of hydrogen-bond donors (Lipinski definition) is 0. The fourth-order valence-electron chi connectivity index (χ4n) is 3.32. The number of carbonyl (C=O) groups excluding carboxylic acids is 2. The summed E-state index contributed by atoms with van der Waals surface area (Å²) in [6.45, 7) is 2.14. The predicted molar refractivity (Wildman–Crippen MR) is 105 cm³/mol. The summed E-state index contributed by atoms with van der Waals surface area (Å²) in [6, 6.07) is 9.86. The number of rotatable bonds is 6. The van der Waals surface area contributed by atoms with E-state index in [4.69, 9.17) is 9.47 Å². The molecular weight excluding hydrogens is 348 g/mol. The summed E-state index contributed by atoms with van der Waals surface area (Å²) < 4.78 is 12.1. The van der Waals surface area contributed by atoms with Crippen LogP contribution < -0.4 is 0 Å². The number of benzene rings is 2. The molecule has 3 rings (SSSR count). The van der Waals surface area contributed by atoms with Crippen molar-refractivity contribution in [2.24, 2.45) is 0 Å². The molecule has 1 heterocycles. The van der Waals surface area contributed by atoms with Gasteiger partial charge in [-0.25, -0.2) is 9.59 Å². The van der Waals surface area contributed by atoms with Crippen LogP contribution in [0.25, 0.3) is 20.2 Å². The number of unbranched alkanes of at least 4 members (excludes halogenated alkanes) is 2. The van der Waals surface area contributed by atoms with Crippen molar-refractivity contribution in [1.29, 1.82) is 0 Å². The van der Waals surface area contributed by atoms with Crippen molar-refractivity contribution in [3.8, 4) is 0 Å². The van der Waals surface area contributed by atoms with E-state index in [-0.39, 0.29) is 5.56 Å². The molecule has 0 radical (unpaired) electrons. The molecule has 2 aromatic carbocycles. The van der Waals surface area contributed by atoms with Crippen molar-refractivity contribution in [3.63, 3.8) is 0 Å². The Morgan fingerprint density at radius 1 is 1.00 bits per heavy atom. The number of aryl methyl sites for hydroxylation is 1. The number of fused-ring (bicyclic) bond motifs is 3. The average Bonchev–Trinajstić information content (AvgIpc) is 3.05. The molecule has 0 saturated heterocycles. The molecule has 0 aliphatic heterocycles. The molecule has 26 heavy (non-hydrogen) atoms. The summed E-state index contributed by atoms with van der Waals surface area (Å²) in [5.41, 5.74) is 1.51. The molecule has 0 unspecified atom stereocenters. The van der Waals surface area contributed by atoms with Gasteiger partial charge in [-0.1, -0.05) is 38.0 Å². The minimum absolute atomic E-state index is 0.280. The summed E-state index contributed by atoms with van der Waals surface area (Å²) in [6.07, 6.45) is 3.83. The minimum Gasteiger partial charge on any atom is -0.465 e. The molecule has 3 aromatic rings. The molecule has 0 spiro atoms. The highest BCUT2D eigenvalue weighted by atomic mass is 32.1. The molecule has 0 aliphatic rings. The zero-order valence-corrected chi connectivity index (χ0v) is 16.1. The maximum atomic E-state index is 12.5. The van der Waals surface area contributed by atoms with Crippen molar-refractivity contribution in [3.05, 3.63) is 47.0 Å². The summed E-state index contributed by atoms with van der Waals surface area (Å²) in [4.78, 5) is 25.0. The zero-order valence-electron chi connectivity index (χ0n) is 15.3. The lowest BCUT2D eigenvalue weighted by Crippen LogP contribution is -2.15. The van der Waals surface area contributed by atoms with E-state index in [9.17, 15) is 9.59 Å². The second-order valence-electron chi connectivity index (χ2n) is 6.19. The molecule has 0 aliphatic carbocycles. The number of methoxy groups -OCH3 is 2. The number of esters is 2. The molecule has 136 valence electrons. The lowest BCUT2D eigenvalue weighted by Gasteiger charge is -2.14. The molecule has 1 aromatic heterocycles. The number of ether oxygens (including phenoxy) is 2. The van der Waals surface area contributed by atoms with Crippen molar-refractivity contribution < 1.29 is 19.1 Å². The summed E-state index contributed by atoms with van der Waals surface area (Å²) in [5, 5.41) is 2.08. The molecular formula is C21H22O4S. The van der Waals surface area contributed by atoms with E-state index in [2.05, 4.69) is 13.0 Å². The van der Waals surface area contributed by atoms with Gasteiger partial charge >= 0.3 is 11.9 Å². The molecule has 0 N–H and O–H groups in total. The first-order chi connectivity index (χ1) is 12.6. The van der Waals surface area contributed by atoms with Crippen LogP contribution in [0, 0.1) is 0 Å². The van der Waals surface area contributed by atoms with E-state index >= 15 is 0 Å². The van der Waals surface area contributed by atoms with E-state index in [0.717, 1.165) is 51.4 Å². The SMILES string of the molecule is CCCCCc1c(C(=O)OC)c(C(=O)OC)cc2c1sc1ccccc12. The molecule has 0 bridgehead atoms. The second-order valence-corrected chi connectivity index (χ2v) is 7.25. The third-order valence-corrected chi connectivity index (χ3v) is 5.84. The first kappa shape index (κ1) is 18.4. The Balaban J connectivity index is 2.37. The summed E-state index contributed by atoms with van der Waals surface area (Å²) in [5.74, 6) is -1.00. The number of carbonyl (C=O) groups is 2. The van der Waals surface area contributed by atoms with Gasteiger partial charge in [0.1, 0.15) is 0 Å². The minimum atomic E-state index is -0.515. The van der Waals surface area contributed by atoms with Crippen molar-refractivity contribution in [1.82, 2.24) is 0 Å². The Morgan fingerprint density at radius 3 is 2.42 bits per heavy atom. The van der Waals surface area contributed by atoms with Crippen LogP contribution in [0.4, 0.5) is 0 Å². The van der Waals surface area contributed by atoms with Crippen molar-refractivity contribution in [2.45, 2.75) is 32.6 Å². The van der Waals surface area contributed by atoms with Crippen LogP contribution in [0.1, 0.15) is 52.5 Å². The Kier molecular flexibility index (Phi) is 5.57. The molecule has 0 atom stereocenters. The summed E-state index contributed by atoms with van der Waals surface area (Å²) in [7, 11) is 2.67. The van der Waals surface area contributed by atoms with Gasteiger partial charge in [-0.2, -0.15) is 0 Å². The van der Waals surface area contributed by atoms with Gasteiger partial charge in [0.2, 0.25) is 0 Å². The Hall–Kier alpha value is -2.40. The highest BCUT2D eigenvalue weighted by Crippen LogP contribution is 2.39. The predicted octanol–water partition coefficient (Wildman–Crippen LogP) is 5.36. The lowest BCUT2D eigenvalue weighted by atomic mass is 9.93. The number of hydrogen-bond acceptors (Lipinski definition) is 5. The first-order valence-electron chi connectivity index (χ1n) is 8.76. The maximum absolute atomic E-state index is 12.5. The molecule has 5 heteroatoms. The Labute approximate surface area is 156 Å². The number of thiophene rings is 1. The first-order valence-corrected chi connectivity index (χ1v) is 9.57. The third-order valence-electron chi connectivity index (χ3n) is 4.59. The quantitative estimate of drug-likeness (QED) is 0.433. The van der Waals surface area contributed by atoms with Gasteiger partial charge in [-0.05, 0) is 30.5 Å². The van der Waals surface area contributed by atoms with Crippen LogP contribution in [0.2, 0.25) is 0 Å². The van der Waals surface area contributed by atoms with Gasteiger partial charge in [-0.3, -0.25) is 0 Å². The van der Waals surface area contributed by atoms with Gasteiger partial charge in [0.05, 0.1) is 25.3 Å². The van der Waals surface area contributed by atoms with Crippen molar-refractivity contribution in [2.75, 3.05) is 14.2 Å². The fraction of sp³-hybridized carbons (Fsp3) is 0.333. The van der Waals surface area contributed by atoms with Crippen LogP contribution in [0.3, 0.4) is 0 Å². The van der Waals surface area contributed by atoms with E-state index in [0.29, 0.717) is 5.56 Å². The van der Waals surface area contributed by atoms with E-state index in [1.165, 1.54) is 14.2 Å². The maximum Gasteiger partial charge on any atom is 0.339 e. The highest BCUT2D eigenvalue weighted by Gasteiger charge is 2.26. The smallest absolute Gasteiger partial charge is 0.339 e. The highest BCUT2D eigenvalue weighted by molar-refractivity contribution is 7.26. The standard InChI is InChI=1S/C21H22O4S/c1-4-5-6-10-14-18(21(23)25-3)16(20(22)24-2)12-15-13-9-7-8-11-17(13)26-19(14)15/h7-9,11-12H,4-6,10H2,1-3H3. The Bertz CT molecular complexity index is 971. The van der Waals surface area contributed by atoms with Crippen LogP contribution in [0.5, 0.6) is 0 Å². The van der Waals surface area contributed by atoms with Gasteiger partial charge < -0.3 is 9.47 Å². The molecule has 0 amide bonds.